The van der Waals surface area contributed by atoms with Crippen LogP contribution in [0.1, 0.15) is 220 Å². The van der Waals surface area contributed by atoms with Gasteiger partial charge in [-0.1, -0.05) is 156 Å². The number of carbonyl (C=O) groups is 2. The standard InChI is InChI=1S/C42H81NO5/c1-5-8-11-14-17-18-19-25-32-42(33-29-38(44)30-34-42)43-35-26-21-20-24-31-41(4,39(45)47-36-27-22-15-12-9-6-2)40(46)48-37-28-23-16-13-10-7-3/h38,43-44H,5-37H2,1-4H3. The van der Waals surface area contributed by atoms with Gasteiger partial charge in [0.25, 0.3) is 0 Å². The molecular formula is C42H81NO5. The van der Waals surface area contributed by atoms with Gasteiger partial charge < -0.3 is 19.9 Å². The van der Waals surface area contributed by atoms with Gasteiger partial charge in [0.1, 0.15) is 0 Å². The lowest BCUT2D eigenvalue weighted by molar-refractivity contribution is -0.172. The summed E-state index contributed by atoms with van der Waals surface area (Å²) in [6.45, 7) is 10.2. The summed E-state index contributed by atoms with van der Waals surface area (Å²) in [7, 11) is 0. The summed E-state index contributed by atoms with van der Waals surface area (Å²) in [5, 5.41) is 14.1. The number of aliphatic hydroxyl groups is 1. The number of aliphatic hydroxyl groups excluding tert-OH is 1. The Morgan fingerprint density at radius 1 is 0.604 bits per heavy atom. The highest BCUT2D eigenvalue weighted by molar-refractivity contribution is 5.99. The molecule has 0 heterocycles. The van der Waals surface area contributed by atoms with Crippen LogP contribution in [-0.4, -0.2) is 48.4 Å². The van der Waals surface area contributed by atoms with E-state index in [2.05, 4.69) is 26.1 Å². The fourth-order valence-corrected chi connectivity index (χ4v) is 7.28. The number of ether oxygens (including phenoxy) is 2. The lowest BCUT2D eigenvalue weighted by Crippen LogP contribution is -2.49. The van der Waals surface area contributed by atoms with Crippen molar-refractivity contribution in [2.45, 2.75) is 232 Å². The summed E-state index contributed by atoms with van der Waals surface area (Å²) in [6.07, 6.45) is 33.8. The minimum atomic E-state index is -1.23. The molecule has 0 aromatic rings. The van der Waals surface area contributed by atoms with Gasteiger partial charge in [-0.25, -0.2) is 0 Å². The van der Waals surface area contributed by atoms with Crippen molar-refractivity contribution in [3.8, 4) is 0 Å². The molecule has 1 fully saturated rings. The molecule has 284 valence electrons. The summed E-state index contributed by atoms with van der Waals surface area (Å²) < 4.78 is 11.4. The first-order valence-corrected chi connectivity index (χ1v) is 21.1. The van der Waals surface area contributed by atoms with Gasteiger partial charge in [-0.15, -0.1) is 0 Å². The van der Waals surface area contributed by atoms with Crippen LogP contribution >= 0.6 is 0 Å². The van der Waals surface area contributed by atoms with E-state index < -0.39 is 17.4 Å². The van der Waals surface area contributed by atoms with Gasteiger partial charge in [0.15, 0.2) is 5.41 Å². The molecule has 0 atom stereocenters. The fraction of sp³-hybridized carbons (Fsp3) is 0.952. The molecule has 6 nitrogen and oxygen atoms in total. The molecule has 0 aliphatic heterocycles. The maximum atomic E-state index is 13.3. The van der Waals surface area contributed by atoms with Crippen molar-refractivity contribution < 1.29 is 24.2 Å². The number of carbonyl (C=O) groups excluding carboxylic acids is 2. The smallest absolute Gasteiger partial charge is 0.323 e. The van der Waals surface area contributed by atoms with Crippen LogP contribution in [0.25, 0.3) is 0 Å². The van der Waals surface area contributed by atoms with Gasteiger partial charge in [0.05, 0.1) is 19.3 Å². The van der Waals surface area contributed by atoms with Gasteiger partial charge in [-0.05, 0) is 71.3 Å². The van der Waals surface area contributed by atoms with Gasteiger partial charge in [-0.2, -0.15) is 0 Å². The van der Waals surface area contributed by atoms with E-state index in [0.29, 0.717) is 19.6 Å². The van der Waals surface area contributed by atoms with E-state index in [1.54, 1.807) is 6.92 Å². The van der Waals surface area contributed by atoms with Crippen molar-refractivity contribution >= 4 is 11.9 Å². The van der Waals surface area contributed by atoms with E-state index in [4.69, 9.17) is 9.47 Å². The van der Waals surface area contributed by atoms with Crippen molar-refractivity contribution in [3.05, 3.63) is 0 Å². The molecule has 1 aliphatic rings. The third kappa shape index (κ3) is 21.2. The Morgan fingerprint density at radius 3 is 1.48 bits per heavy atom. The number of nitrogens with one attached hydrogen (secondary N) is 1. The summed E-state index contributed by atoms with van der Waals surface area (Å²) in [6, 6.07) is 0. The Balaban J connectivity index is 2.49. The molecule has 0 unspecified atom stereocenters. The van der Waals surface area contributed by atoms with Crippen LogP contribution in [0, 0.1) is 5.41 Å². The van der Waals surface area contributed by atoms with Crippen molar-refractivity contribution in [3.63, 3.8) is 0 Å². The predicted octanol–water partition coefficient (Wildman–Crippen LogP) is 11.5. The van der Waals surface area contributed by atoms with Crippen LogP contribution in [0.5, 0.6) is 0 Å². The van der Waals surface area contributed by atoms with Crippen LogP contribution in [0.15, 0.2) is 0 Å². The fourth-order valence-electron chi connectivity index (χ4n) is 7.28. The third-order valence-corrected chi connectivity index (χ3v) is 10.9. The molecule has 48 heavy (non-hydrogen) atoms. The molecule has 6 heteroatoms. The van der Waals surface area contributed by atoms with Crippen LogP contribution < -0.4 is 5.32 Å². The predicted molar refractivity (Wildman–Crippen MR) is 202 cm³/mol. The topological polar surface area (TPSA) is 84.9 Å². The molecule has 2 N–H and O–H groups in total. The lowest BCUT2D eigenvalue weighted by atomic mass is 9.77. The van der Waals surface area contributed by atoms with Crippen LogP contribution in [0.2, 0.25) is 0 Å². The third-order valence-electron chi connectivity index (χ3n) is 10.9. The van der Waals surface area contributed by atoms with Crippen molar-refractivity contribution in [2.24, 2.45) is 5.41 Å². The minimum Gasteiger partial charge on any atom is -0.465 e. The van der Waals surface area contributed by atoms with Crippen LogP contribution in [0.3, 0.4) is 0 Å². The van der Waals surface area contributed by atoms with E-state index in [1.165, 1.54) is 109 Å². The second-order valence-electron chi connectivity index (χ2n) is 15.5. The zero-order chi connectivity index (χ0) is 35.2. The van der Waals surface area contributed by atoms with Gasteiger partial charge >= 0.3 is 11.9 Å². The van der Waals surface area contributed by atoms with Crippen LogP contribution in [-0.2, 0) is 19.1 Å². The number of unbranched alkanes of at least 4 members (excludes halogenated alkanes) is 20. The summed E-state index contributed by atoms with van der Waals surface area (Å²) in [5.41, 5.74) is -1.05. The monoisotopic (exact) mass is 680 g/mol. The van der Waals surface area contributed by atoms with E-state index in [-0.39, 0.29) is 11.6 Å². The first kappa shape index (κ1) is 44.9. The Kier molecular flexibility index (Phi) is 27.7. The zero-order valence-corrected chi connectivity index (χ0v) is 32.5. The molecule has 0 radical (unpaired) electrons. The van der Waals surface area contributed by atoms with E-state index >= 15 is 0 Å². The number of hydrogen-bond acceptors (Lipinski definition) is 6. The molecule has 0 saturated heterocycles. The maximum absolute atomic E-state index is 13.3. The molecule has 0 bridgehead atoms. The summed E-state index contributed by atoms with van der Waals surface area (Å²) >= 11 is 0. The van der Waals surface area contributed by atoms with E-state index in [1.807, 2.05) is 0 Å². The lowest BCUT2D eigenvalue weighted by Gasteiger charge is -2.40. The SMILES string of the molecule is CCCCCCCCCCC1(NCCCCCCC(C)(C(=O)OCCCCCCCC)C(=O)OCCCCCCCC)CCC(O)CC1. The van der Waals surface area contributed by atoms with Gasteiger partial charge in [-0.3, -0.25) is 9.59 Å². The Bertz CT molecular complexity index is 733. The Hall–Kier alpha value is -1.14. The molecule has 1 aliphatic carbocycles. The molecule has 0 aromatic heterocycles. The highest BCUT2D eigenvalue weighted by atomic mass is 16.6. The molecule has 0 amide bonds. The van der Waals surface area contributed by atoms with Crippen molar-refractivity contribution in [1.82, 2.24) is 5.32 Å². The van der Waals surface area contributed by atoms with E-state index in [9.17, 15) is 14.7 Å². The second-order valence-corrected chi connectivity index (χ2v) is 15.5. The van der Waals surface area contributed by atoms with Gasteiger partial charge in [0.2, 0.25) is 0 Å². The Labute approximate surface area is 298 Å². The highest BCUT2D eigenvalue weighted by Crippen LogP contribution is 2.34. The quantitative estimate of drug-likeness (QED) is 0.0408. The minimum absolute atomic E-state index is 0.136. The molecular weight excluding hydrogens is 598 g/mol. The van der Waals surface area contributed by atoms with E-state index in [0.717, 1.165) is 83.6 Å². The van der Waals surface area contributed by atoms with Gasteiger partial charge in [0, 0.05) is 5.54 Å². The molecule has 1 saturated carbocycles. The first-order valence-electron chi connectivity index (χ1n) is 21.1. The number of hydrogen-bond donors (Lipinski definition) is 2. The largest absolute Gasteiger partial charge is 0.465 e. The average Bonchev–Trinajstić information content (AvgIpc) is 3.09. The maximum Gasteiger partial charge on any atom is 0.323 e. The summed E-state index contributed by atoms with van der Waals surface area (Å²) in [4.78, 5) is 26.6. The van der Waals surface area contributed by atoms with Crippen molar-refractivity contribution in [1.29, 1.82) is 0 Å². The molecule has 0 spiro atoms. The number of esters is 2. The first-order chi connectivity index (χ1) is 23.3. The van der Waals surface area contributed by atoms with Crippen LogP contribution in [0.4, 0.5) is 0 Å². The summed E-state index contributed by atoms with van der Waals surface area (Å²) in [5.74, 6) is -0.818. The Morgan fingerprint density at radius 2 is 1.00 bits per heavy atom. The number of rotatable bonds is 33. The molecule has 0 aromatic carbocycles. The average molecular weight is 680 g/mol. The second kappa shape index (κ2) is 29.6. The normalized spacial score (nSPS) is 18.2. The highest BCUT2D eigenvalue weighted by Gasteiger charge is 2.43. The zero-order valence-electron chi connectivity index (χ0n) is 32.5. The van der Waals surface area contributed by atoms with Crippen molar-refractivity contribution in [2.75, 3.05) is 19.8 Å². The molecule has 1 rings (SSSR count).